The number of hydrogen-bond donors (Lipinski definition) is 1. The van der Waals surface area contributed by atoms with Crippen molar-refractivity contribution < 1.29 is 19.1 Å². The number of esters is 1. The quantitative estimate of drug-likeness (QED) is 0.770. The summed E-state index contributed by atoms with van der Waals surface area (Å²) in [5.74, 6) is -1.90. The predicted molar refractivity (Wildman–Crippen MR) is 103 cm³/mol. The number of benzene rings is 2. The van der Waals surface area contributed by atoms with Crippen LogP contribution in [-0.2, 0) is 19.1 Å². The van der Waals surface area contributed by atoms with E-state index in [9.17, 15) is 14.4 Å². The van der Waals surface area contributed by atoms with Gasteiger partial charge in [0.1, 0.15) is 0 Å². The van der Waals surface area contributed by atoms with Crippen LogP contribution in [0.4, 0.5) is 11.4 Å². The topological polar surface area (TPSA) is 75.7 Å². The van der Waals surface area contributed by atoms with Gasteiger partial charge in [0.15, 0.2) is 6.61 Å². The molecule has 2 amide bonds. The first kappa shape index (κ1) is 19.2. The van der Waals surface area contributed by atoms with Gasteiger partial charge >= 0.3 is 5.97 Å². The van der Waals surface area contributed by atoms with Gasteiger partial charge in [-0.2, -0.15) is 0 Å². The number of anilines is 2. The fraction of sp³-hybridized carbons (Fsp3) is 0.211. The van der Waals surface area contributed by atoms with Crippen molar-refractivity contribution in [3.05, 3.63) is 58.6 Å². The molecule has 8 heteroatoms. The highest BCUT2D eigenvalue weighted by Gasteiger charge is 2.36. The monoisotopic (exact) mass is 406 g/mol. The minimum absolute atomic E-state index is 0.0511. The molecule has 1 saturated heterocycles. The lowest BCUT2D eigenvalue weighted by atomic mass is 10.1. The van der Waals surface area contributed by atoms with Crippen molar-refractivity contribution in [2.45, 2.75) is 6.42 Å². The summed E-state index contributed by atoms with van der Waals surface area (Å²) in [5, 5.41) is 3.26. The molecule has 0 aliphatic carbocycles. The summed E-state index contributed by atoms with van der Waals surface area (Å²) in [6, 6.07) is 13.7. The molecule has 3 rings (SSSR count). The number of carbonyl (C=O) groups excluding carboxylic acids is 3. The number of ether oxygens (including phenoxy) is 1. The van der Waals surface area contributed by atoms with Crippen LogP contribution < -0.4 is 10.2 Å². The molecule has 27 heavy (non-hydrogen) atoms. The number of halogens is 2. The third kappa shape index (κ3) is 4.78. The second kappa shape index (κ2) is 8.41. The molecule has 140 valence electrons. The van der Waals surface area contributed by atoms with Gasteiger partial charge in [0.05, 0.1) is 16.6 Å². The molecule has 2 aromatic rings. The Morgan fingerprint density at radius 2 is 1.89 bits per heavy atom. The molecule has 0 unspecified atom stereocenters. The summed E-state index contributed by atoms with van der Waals surface area (Å²) in [4.78, 5) is 37.9. The molecule has 1 aliphatic rings. The molecule has 2 aromatic carbocycles. The lowest BCUT2D eigenvalue weighted by Crippen LogP contribution is -2.28. The summed E-state index contributed by atoms with van der Waals surface area (Å²) < 4.78 is 5.06. The molecule has 0 saturated carbocycles. The number of nitrogens with one attached hydrogen (secondary N) is 1. The van der Waals surface area contributed by atoms with Crippen LogP contribution in [0.5, 0.6) is 0 Å². The van der Waals surface area contributed by atoms with Gasteiger partial charge in [-0.3, -0.25) is 14.4 Å². The zero-order valence-electron chi connectivity index (χ0n) is 14.2. The van der Waals surface area contributed by atoms with E-state index < -0.39 is 24.4 Å². The zero-order valence-corrected chi connectivity index (χ0v) is 15.7. The van der Waals surface area contributed by atoms with E-state index >= 15 is 0 Å². The maximum atomic E-state index is 12.2. The van der Waals surface area contributed by atoms with Crippen LogP contribution in [0.1, 0.15) is 6.42 Å². The van der Waals surface area contributed by atoms with E-state index in [0.717, 1.165) is 5.69 Å². The first-order valence-corrected chi connectivity index (χ1v) is 8.96. The lowest BCUT2D eigenvalue weighted by molar-refractivity contribution is -0.151. The van der Waals surface area contributed by atoms with E-state index in [0.29, 0.717) is 15.7 Å². The fourth-order valence-electron chi connectivity index (χ4n) is 2.76. The molecule has 1 heterocycles. The first-order valence-electron chi connectivity index (χ1n) is 8.21. The van der Waals surface area contributed by atoms with Crippen molar-refractivity contribution in [2.75, 3.05) is 23.4 Å². The van der Waals surface area contributed by atoms with Crippen molar-refractivity contribution in [1.29, 1.82) is 0 Å². The third-order valence-corrected chi connectivity index (χ3v) is 4.64. The Labute approximate surface area is 166 Å². The van der Waals surface area contributed by atoms with Crippen molar-refractivity contribution in [3.8, 4) is 0 Å². The van der Waals surface area contributed by atoms with Crippen molar-refractivity contribution in [2.24, 2.45) is 5.92 Å². The summed E-state index contributed by atoms with van der Waals surface area (Å²) in [7, 11) is 0. The second-order valence-corrected chi connectivity index (χ2v) is 6.86. The molecule has 0 bridgehead atoms. The molecule has 1 aliphatic heterocycles. The Kier molecular flexibility index (Phi) is 5.98. The van der Waals surface area contributed by atoms with Crippen LogP contribution in [0.3, 0.4) is 0 Å². The molecule has 0 radical (unpaired) electrons. The van der Waals surface area contributed by atoms with Gasteiger partial charge in [-0.25, -0.2) is 0 Å². The first-order chi connectivity index (χ1) is 12.9. The van der Waals surface area contributed by atoms with Gasteiger partial charge in [0.2, 0.25) is 5.91 Å². The van der Waals surface area contributed by atoms with Crippen LogP contribution in [0, 0.1) is 5.92 Å². The van der Waals surface area contributed by atoms with Crippen LogP contribution in [0.25, 0.3) is 0 Å². The summed E-state index contributed by atoms with van der Waals surface area (Å²) in [6.07, 6.45) is 0.0511. The van der Waals surface area contributed by atoms with Gasteiger partial charge in [-0.1, -0.05) is 41.4 Å². The number of para-hydroxylation sites is 1. The van der Waals surface area contributed by atoms with Crippen LogP contribution in [-0.4, -0.2) is 30.9 Å². The Hall–Kier alpha value is -2.57. The van der Waals surface area contributed by atoms with Crippen molar-refractivity contribution in [1.82, 2.24) is 0 Å². The SMILES string of the molecule is O=C(COC(=O)[C@@H]1CC(=O)N(c2ccccc2)C1)Nc1cc(Cl)ccc1Cl. The van der Waals surface area contributed by atoms with E-state index in [2.05, 4.69) is 5.32 Å². The highest BCUT2D eigenvalue weighted by Crippen LogP contribution is 2.26. The third-order valence-electron chi connectivity index (χ3n) is 4.07. The Morgan fingerprint density at radius 3 is 2.63 bits per heavy atom. The number of hydrogen-bond acceptors (Lipinski definition) is 4. The summed E-state index contributed by atoms with van der Waals surface area (Å²) in [5.41, 5.74) is 1.06. The molecule has 0 spiro atoms. The maximum absolute atomic E-state index is 12.2. The van der Waals surface area contributed by atoms with E-state index in [-0.39, 0.29) is 18.9 Å². The molecule has 1 atom stereocenters. The highest BCUT2D eigenvalue weighted by atomic mass is 35.5. The number of nitrogens with zero attached hydrogens (tertiary/aromatic N) is 1. The summed E-state index contributed by atoms with van der Waals surface area (Å²) >= 11 is 11.8. The predicted octanol–water partition coefficient (Wildman–Crippen LogP) is 3.53. The van der Waals surface area contributed by atoms with Crippen LogP contribution >= 0.6 is 23.2 Å². The normalized spacial score (nSPS) is 16.3. The fourth-order valence-corrected chi connectivity index (χ4v) is 3.09. The molecule has 6 nitrogen and oxygen atoms in total. The molecule has 1 fully saturated rings. The van der Waals surface area contributed by atoms with Gasteiger partial charge < -0.3 is 15.0 Å². The highest BCUT2D eigenvalue weighted by molar-refractivity contribution is 6.35. The molecule has 1 N–H and O–H groups in total. The van der Waals surface area contributed by atoms with E-state index in [1.165, 1.54) is 11.0 Å². The lowest BCUT2D eigenvalue weighted by Gasteiger charge is -2.16. The zero-order chi connectivity index (χ0) is 19.4. The Bertz CT molecular complexity index is 873. The minimum Gasteiger partial charge on any atom is -0.455 e. The van der Waals surface area contributed by atoms with E-state index in [1.54, 1.807) is 24.3 Å². The van der Waals surface area contributed by atoms with Crippen molar-refractivity contribution >= 4 is 52.4 Å². The maximum Gasteiger partial charge on any atom is 0.311 e. The van der Waals surface area contributed by atoms with Gasteiger partial charge in [0, 0.05) is 23.7 Å². The Balaban J connectivity index is 1.53. The average molecular weight is 407 g/mol. The van der Waals surface area contributed by atoms with Gasteiger partial charge in [0.25, 0.3) is 5.91 Å². The van der Waals surface area contributed by atoms with Crippen molar-refractivity contribution in [3.63, 3.8) is 0 Å². The summed E-state index contributed by atoms with van der Waals surface area (Å²) in [6.45, 7) is -0.249. The smallest absolute Gasteiger partial charge is 0.311 e. The van der Waals surface area contributed by atoms with Crippen LogP contribution in [0.2, 0.25) is 10.0 Å². The van der Waals surface area contributed by atoms with Gasteiger partial charge in [-0.15, -0.1) is 0 Å². The largest absolute Gasteiger partial charge is 0.455 e. The average Bonchev–Trinajstić information content (AvgIpc) is 3.05. The number of amides is 2. The molecular formula is C19H16Cl2N2O4. The van der Waals surface area contributed by atoms with E-state index in [4.69, 9.17) is 27.9 Å². The minimum atomic E-state index is -0.611. The number of carbonyl (C=O) groups is 3. The molecule has 0 aromatic heterocycles. The second-order valence-electron chi connectivity index (χ2n) is 6.02. The standard InChI is InChI=1S/C19H16Cl2N2O4/c20-13-6-7-15(21)16(9-13)22-17(24)11-27-19(26)12-8-18(25)23(10-12)14-4-2-1-3-5-14/h1-7,9,12H,8,10-11H2,(H,22,24)/t12-/m1/s1. The van der Waals surface area contributed by atoms with Crippen LogP contribution in [0.15, 0.2) is 48.5 Å². The van der Waals surface area contributed by atoms with E-state index in [1.807, 2.05) is 18.2 Å². The van der Waals surface area contributed by atoms with Gasteiger partial charge in [-0.05, 0) is 30.3 Å². The number of rotatable bonds is 5. The molecular weight excluding hydrogens is 391 g/mol. The Morgan fingerprint density at radius 1 is 1.15 bits per heavy atom.